The normalized spacial score (nSPS) is 11.2. The lowest BCUT2D eigenvalue weighted by atomic mass is 9.96. The van der Waals surface area contributed by atoms with Gasteiger partial charge >= 0.3 is 6.09 Å². The Morgan fingerprint density at radius 2 is 1.78 bits per heavy atom. The second-order valence-electron chi connectivity index (χ2n) is 9.62. The molecule has 0 saturated carbocycles. The zero-order valence-electron chi connectivity index (χ0n) is 21.5. The monoisotopic (exact) mass is 518 g/mol. The Kier molecular flexibility index (Phi) is 10.5. The second-order valence-corrected chi connectivity index (χ2v) is 10.1. The molecule has 10 heteroatoms. The zero-order valence-corrected chi connectivity index (χ0v) is 22.2. The number of carboxylic acid groups (broad SMARTS) is 1. The van der Waals surface area contributed by atoms with Crippen molar-refractivity contribution in [1.29, 1.82) is 0 Å². The fraction of sp³-hybridized carbons (Fsp3) is 0.462. The molecule has 0 aliphatic heterocycles. The van der Waals surface area contributed by atoms with E-state index < -0.39 is 11.5 Å². The van der Waals surface area contributed by atoms with Crippen molar-refractivity contribution in [2.24, 2.45) is 5.41 Å². The summed E-state index contributed by atoms with van der Waals surface area (Å²) >= 11 is 6.26. The van der Waals surface area contributed by atoms with Crippen LogP contribution in [-0.4, -0.2) is 65.2 Å². The van der Waals surface area contributed by atoms with E-state index in [9.17, 15) is 19.5 Å². The van der Waals surface area contributed by atoms with Crippen molar-refractivity contribution < 1.29 is 24.2 Å². The summed E-state index contributed by atoms with van der Waals surface area (Å²) in [5.41, 5.74) is 0.383. The number of nitrogens with one attached hydrogen (secondary N) is 1. The summed E-state index contributed by atoms with van der Waals surface area (Å²) in [5.74, 6) is 0.127. The number of rotatable bonds is 11. The lowest BCUT2D eigenvalue weighted by molar-refractivity contribution is -0.128. The highest BCUT2D eigenvalue weighted by Gasteiger charge is 2.22. The van der Waals surface area contributed by atoms with Crippen LogP contribution in [0.1, 0.15) is 51.4 Å². The number of hydrogen-bond acceptors (Lipinski definition) is 5. The zero-order chi connectivity index (χ0) is 26.9. The van der Waals surface area contributed by atoms with Crippen molar-refractivity contribution >= 4 is 35.2 Å². The molecule has 1 aromatic carbocycles. The van der Waals surface area contributed by atoms with E-state index in [2.05, 4.69) is 10.3 Å². The number of halogens is 1. The maximum absolute atomic E-state index is 13.3. The Bertz CT molecular complexity index is 1040. The Balaban J connectivity index is 2.02. The number of anilines is 1. The molecule has 196 valence electrons. The molecule has 0 spiro atoms. The number of amides is 3. The maximum Gasteiger partial charge on any atom is 0.411 e. The minimum atomic E-state index is -1.11. The first kappa shape index (κ1) is 28.9. The van der Waals surface area contributed by atoms with Crippen LogP contribution in [0.2, 0.25) is 5.02 Å². The molecular formula is C26H35ClN4O5. The van der Waals surface area contributed by atoms with Gasteiger partial charge in [0.25, 0.3) is 5.91 Å². The largest absolute Gasteiger partial charge is 0.492 e. The van der Waals surface area contributed by atoms with Crippen molar-refractivity contribution in [3.05, 3.63) is 53.3 Å². The van der Waals surface area contributed by atoms with Crippen molar-refractivity contribution in [3.63, 3.8) is 0 Å². The van der Waals surface area contributed by atoms with E-state index in [4.69, 9.17) is 16.3 Å². The van der Waals surface area contributed by atoms with E-state index in [1.54, 1.807) is 35.2 Å². The Morgan fingerprint density at radius 3 is 2.36 bits per heavy atom. The summed E-state index contributed by atoms with van der Waals surface area (Å²) in [4.78, 5) is 43.7. The Hall–Kier alpha value is -3.33. The number of ether oxygens (including phenoxy) is 1. The molecule has 1 aromatic heterocycles. The average molecular weight is 519 g/mol. The molecule has 0 aliphatic rings. The van der Waals surface area contributed by atoms with E-state index in [0.717, 1.165) is 4.90 Å². The van der Waals surface area contributed by atoms with Gasteiger partial charge < -0.3 is 20.1 Å². The van der Waals surface area contributed by atoms with Crippen LogP contribution >= 0.6 is 11.6 Å². The third-order valence-electron chi connectivity index (χ3n) is 5.33. The number of hydrogen-bond donors (Lipinski definition) is 2. The number of carbonyl (C=O) groups is 3. The minimum Gasteiger partial charge on any atom is -0.492 e. The molecule has 9 nitrogen and oxygen atoms in total. The standard InChI is InChI=1S/C26H35ClN4O5/c1-18(2)30(12-6-9-29-24(33)26(3,4)5)23(32)19-15-20(27)17-22(16-19)36-14-13-31(25(34)35)21-7-10-28-11-8-21/h7-8,10-11,15-18H,6,9,12-14H2,1-5H3,(H,29,33)(H,34,35). The predicted octanol–water partition coefficient (Wildman–Crippen LogP) is 4.70. The van der Waals surface area contributed by atoms with E-state index in [-0.39, 0.29) is 31.0 Å². The van der Waals surface area contributed by atoms with Crippen LogP contribution in [0.5, 0.6) is 5.75 Å². The van der Waals surface area contributed by atoms with Crippen LogP contribution in [-0.2, 0) is 4.79 Å². The first-order chi connectivity index (χ1) is 16.9. The minimum absolute atomic E-state index is 0.0352. The fourth-order valence-electron chi connectivity index (χ4n) is 3.36. The lowest BCUT2D eigenvalue weighted by Crippen LogP contribution is -2.40. The second kappa shape index (κ2) is 13.1. The molecule has 0 saturated heterocycles. The highest BCUT2D eigenvalue weighted by molar-refractivity contribution is 6.31. The SMILES string of the molecule is CC(C)N(CCCNC(=O)C(C)(C)C)C(=O)c1cc(Cl)cc(OCCN(C(=O)O)c2ccncc2)c1. The fourth-order valence-corrected chi connectivity index (χ4v) is 3.59. The topological polar surface area (TPSA) is 112 Å². The summed E-state index contributed by atoms with van der Waals surface area (Å²) in [6.07, 6.45) is 2.52. The molecule has 0 aliphatic carbocycles. The van der Waals surface area contributed by atoms with Crippen molar-refractivity contribution in [2.75, 3.05) is 31.1 Å². The number of pyridine rings is 1. The number of benzene rings is 1. The van der Waals surface area contributed by atoms with E-state index in [0.29, 0.717) is 41.5 Å². The van der Waals surface area contributed by atoms with Crippen LogP contribution in [0, 0.1) is 5.41 Å². The van der Waals surface area contributed by atoms with Gasteiger partial charge in [-0.2, -0.15) is 0 Å². The van der Waals surface area contributed by atoms with Gasteiger partial charge in [-0.1, -0.05) is 32.4 Å². The van der Waals surface area contributed by atoms with Gasteiger partial charge in [0.05, 0.1) is 12.2 Å². The van der Waals surface area contributed by atoms with Gasteiger partial charge in [0.1, 0.15) is 12.4 Å². The summed E-state index contributed by atoms with van der Waals surface area (Å²) in [6, 6.07) is 7.89. The molecule has 1 heterocycles. The first-order valence-corrected chi connectivity index (χ1v) is 12.2. The molecule has 0 fully saturated rings. The molecule has 0 radical (unpaired) electrons. The highest BCUT2D eigenvalue weighted by atomic mass is 35.5. The van der Waals surface area contributed by atoms with Gasteiger partial charge in [-0.15, -0.1) is 0 Å². The van der Waals surface area contributed by atoms with Crippen LogP contribution < -0.4 is 15.0 Å². The summed E-state index contributed by atoms with van der Waals surface area (Å²) in [7, 11) is 0. The first-order valence-electron chi connectivity index (χ1n) is 11.8. The maximum atomic E-state index is 13.3. The van der Waals surface area contributed by atoms with E-state index in [1.165, 1.54) is 12.4 Å². The van der Waals surface area contributed by atoms with Crippen molar-refractivity contribution in [1.82, 2.24) is 15.2 Å². The molecule has 36 heavy (non-hydrogen) atoms. The Labute approximate surface area is 217 Å². The van der Waals surface area contributed by atoms with Gasteiger partial charge in [0.2, 0.25) is 5.91 Å². The number of nitrogens with zero attached hydrogens (tertiary/aromatic N) is 3. The quantitative estimate of drug-likeness (QED) is 0.417. The molecule has 0 unspecified atom stereocenters. The molecule has 0 bridgehead atoms. The van der Waals surface area contributed by atoms with Gasteiger partial charge in [-0.05, 0) is 50.6 Å². The number of carbonyl (C=O) groups excluding carboxylic acids is 2. The summed E-state index contributed by atoms with van der Waals surface area (Å²) < 4.78 is 5.75. The van der Waals surface area contributed by atoms with E-state index >= 15 is 0 Å². The van der Waals surface area contributed by atoms with E-state index in [1.807, 2.05) is 34.6 Å². The summed E-state index contributed by atoms with van der Waals surface area (Å²) in [6.45, 7) is 10.5. The molecular weight excluding hydrogens is 484 g/mol. The van der Waals surface area contributed by atoms with Crippen LogP contribution in [0.4, 0.5) is 10.5 Å². The van der Waals surface area contributed by atoms with Crippen molar-refractivity contribution in [3.8, 4) is 5.75 Å². The van der Waals surface area contributed by atoms with Gasteiger partial charge in [-0.25, -0.2) is 4.79 Å². The highest BCUT2D eigenvalue weighted by Crippen LogP contribution is 2.23. The predicted molar refractivity (Wildman–Crippen MR) is 140 cm³/mol. The average Bonchev–Trinajstić information content (AvgIpc) is 2.80. The van der Waals surface area contributed by atoms with Gasteiger partial charge in [0.15, 0.2) is 0 Å². The van der Waals surface area contributed by atoms with Gasteiger partial charge in [0, 0.05) is 47.5 Å². The van der Waals surface area contributed by atoms with Crippen LogP contribution in [0.3, 0.4) is 0 Å². The van der Waals surface area contributed by atoms with Crippen LogP contribution in [0.15, 0.2) is 42.7 Å². The van der Waals surface area contributed by atoms with Gasteiger partial charge in [-0.3, -0.25) is 19.5 Å². The smallest absolute Gasteiger partial charge is 0.411 e. The molecule has 2 N–H and O–H groups in total. The molecule has 3 amide bonds. The number of aromatic nitrogens is 1. The van der Waals surface area contributed by atoms with Crippen molar-refractivity contribution in [2.45, 2.75) is 47.1 Å². The van der Waals surface area contributed by atoms with Crippen LogP contribution in [0.25, 0.3) is 0 Å². The third kappa shape index (κ3) is 8.71. The third-order valence-corrected chi connectivity index (χ3v) is 5.55. The molecule has 2 aromatic rings. The Morgan fingerprint density at radius 1 is 1.11 bits per heavy atom. The lowest BCUT2D eigenvalue weighted by Gasteiger charge is -2.27. The summed E-state index contributed by atoms with van der Waals surface area (Å²) in [5, 5.41) is 12.7. The molecule has 2 rings (SSSR count). The molecule has 0 atom stereocenters.